The van der Waals surface area contributed by atoms with E-state index in [0.717, 1.165) is 25.9 Å². The van der Waals surface area contributed by atoms with E-state index in [1.807, 2.05) is 18.9 Å². The van der Waals surface area contributed by atoms with Gasteiger partial charge in [0.1, 0.15) is 0 Å². The third-order valence-electron chi connectivity index (χ3n) is 3.40. The van der Waals surface area contributed by atoms with Crippen LogP contribution in [0.2, 0.25) is 0 Å². The molecule has 1 saturated heterocycles. The number of piperidine rings is 1. The van der Waals surface area contributed by atoms with Gasteiger partial charge < -0.3 is 20.4 Å². The zero-order chi connectivity index (χ0) is 13.1. The number of carbonyl (C=O) groups excluding carboxylic acids is 1. The zero-order valence-electron chi connectivity index (χ0n) is 10.7. The summed E-state index contributed by atoms with van der Waals surface area (Å²) in [7, 11) is 1.84. The van der Waals surface area contributed by atoms with Gasteiger partial charge in [-0.25, -0.2) is 0 Å². The normalized spacial score (nSPS) is 18.9. The molecule has 0 spiro atoms. The first-order valence-electron chi connectivity index (χ1n) is 6.16. The highest BCUT2D eigenvalue weighted by molar-refractivity contribution is 5.76. The second kappa shape index (κ2) is 5.34. The molecule has 100 valence electrons. The molecule has 0 aromatic carbocycles. The van der Waals surface area contributed by atoms with Crippen molar-refractivity contribution in [2.45, 2.75) is 25.8 Å². The lowest BCUT2D eigenvalue weighted by atomic mass is 9.97. The molecule has 1 unspecified atom stereocenters. The van der Waals surface area contributed by atoms with Crippen LogP contribution in [0.3, 0.4) is 0 Å². The summed E-state index contributed by atoms with van der Waals surface area (Å²) in [5.41, 5.74) is 5.30. The van der Waals surface area contributed by atoms with E-state index in [1.165, 1.54) is 0 Å². The van der Waals surface area contributed by atoms with Gasteiger partial charge in [-0.15, -0.1) is 5.10 Å². The number of primary amides is 1. The molecule has 2 heterocycles. The van der Waals surface area contributed by atoms with Gasteiger partial charge >= 0.3 is 6.01 Å². The molecule has 1 atom stereocenters. The van der Waals surface area contributed by atoms with Crippen molar-refractivity contribution in [2.24, 2.45) is 11.7 Å². The van der Waals surface area contributed by atoms with Crippen LogP contribution in [0.1, 0.15) is 31.7 Å². The number of carbonyl (C=O) groups is 1. The molecule has 7 heteroatoms. The van der Waals surface area contributed by atoms with E-state index in [1.54, 1.807) is 0 Å². The van der Waals surface area contributed by atoms with E-state index >= 15 is 0 Å². The Hall–Kier alpha value is -1.63. The van der Waals surface area contributed by atoms with Crippen LogP contribution in [0.15, 0.2) is 4.42 Å². The third kappa shape index (κ3) is 2.61. The third-order valence-corrected chi connectivity index (χ3v) is 3.40. The molecule has 1 aromatic rings. The molecule has 2 rings (SSSR count). The number of nitrogens with two attached hydrogens (primary N) is 1. The fraction of sp³-hybridized carbons (Fsp3) is 0.727. The molecular weight excluding hydrogens is 234 g/mol. The van der Waals surface area contributed by atoms with Crippen molar-refractivity contribution >= 4 is 11.9 Å². The quantitative estimate of drug-likeness (QED) is 0.787. The van der Waals surface area contributed by atoms with Gasteiger partial charge in [0.15, 0.2) is 0 Å². The van der Waals surface area contributed by atoms with Crippen molar-refractivity contribution in [2.75, 3.05) is 25.0 Å². The molecule has 1 amide bonds. The van der Waals surface area contributed by atoms with Gasteiger partial charge in [-0.3, -0.25) is 4.79 Å². The molecular formula is C11H19N5O2. The van der Waals surface area contributed by atoms with E-state index in [0.29, 0.717) is 11.9 Å². The molecule has 0 bridgehead atoms. The predicted molar refractivity (Wildman–Crippen MR) is 65.9 cm³/mol. The van der Waals surface area contributed by atoms with Crippen LogP contribution in [0.25, 0.3) is 0 Å². The summed E-state index contributed by atoms with van der Waals surface area (Å²) in [6.07, 6.45) is 1.49. The molecule has 1 aliphatic heterocycles. The summed E-state index contributed by atoms with van der Waals surface area (Å²) in [6.45, 7) is 3.41. The summed E-state index contributed by atoms with van der Waals surface area (Å²) < 4.78 is 5.60. The lowest BCUT2D eigenvalue weighted by molar-refractivity contribution is -0.122. The zero-order valence-corrected chi connectivity index (χ0v) is 10.7. The Labute approximate surface area is 106 Å². The molecule has 3 N–H and O–H groups in total. The van der Waals surface area contributed by atoms with Crippen molar-refractivity contribution in [3.05, 3.63) is 5.89 Å². The standard InChI is InChI=1S/C11H19N5O2/c1-7(13-2)10-14-15-11(18-10)16-5-3-8(4-6-16)9(12)17/h7-8,13H,3-6H2,1-2H3,(H2,12,17). The smallest absolute Gasteiger partial charge is 0.318 e. The number of anilines is 1. The SMILES string of the molecule is CNC(C)c1nnc(N2CCC(C(N)=O)CC2)o1. The Kier molecular flexibility index (Phi) is 3.81. The van der Waals surface area contributed by atoms with E-state index in [2.05, 4.69) is 15.5 Å². The van der Waals surface area contributed by atoms with Crippen LogP contribution >= 0.6 is 0 Å². The number of nitrogens with one attached hydrogen (secondary N) is 1. The minimum atomic E-state index is -0.218. The predicted octanol–water partition coefficient (Wildman–Crippen LogP) is 0.0517. The highest BCUT2D eigenvalue weighted by Gasteiger charge is 2.26. The van der Waals surface area contributed by atoms with E-state index in [-0.39, 0.29) is 17.9 Å². The fourth-order valence-corrected chi connectivity index (χ4v) is 2.01. The summed E-state index contributed by atoms with van der Waals surface area (Å²) in [5.74, 6) is 0.328. The molecule has 0 aliphatic carbocycles. The summed E-state index contributed by atoms with van der Waals surface area (Å²) in [5, 5.41) is 11.1. The summed E-state index contributed by atoms with van der Waals surface area (Å²) >= 11 is 0. The van der Waals surface area contributed by atoms with Crippen molar-refractivity contribution in [1.29, 1.82) is 0 Å². The minimum absolute atomic E-state index is 0.0279. The van der Waals surface area contributed by atoms with Gasteiger partial charge in [0.05, 0.1) is 6.04 Å². The molecule has 0 saturated carbocycles. The highest BCUT2D eigenvalue weighted by atomic mass is 16.4. The fourth-order valence-electron chi connectivity index (χ4n) is 2.01. The monoisotopic (exact) mass is 253 g/mol. The Balaban J connectivity index is 1.97. The number of nitrogens with zero attached hydrogens (tertiary/aromatic N) is 3. The molecule has 1 aliphatic rings. The first-order valence-corrected chi connectivity index (χ1v) is 6.16. The van der Waals surface area contributed by atoms with Crippen molar-refractivity contribution < 1.29 is 9.21 Å². The first kappa shape index (κ1) is 12.8. The largest absolute Gasteiger partial charge is 0.406 e. The van der Waals surface area contributed by atoms with Crippen LogP contribution < -0.4 is 16.0 Å². The maximum absolute atomic E-state index is 11.1. The summed E-state index contributed by atoms with van der Waals surface area (Å²) in [6, 6.07) is 0.560. The second-order valence-corrected chi connectivity index (χ2v) is 4.60. The minimum Gasteiger partial charge on any atom is -0.406 e. The van der Waals surface area contributed by atoms with Gasteiger partial charge in [-0.2, -0.15) is 0 Å². The molecule has 18 heavy (non-hydrogen) atoms. The first-order chi connectivity index (χ1) is 8.61. The number of rotatable bonds is 4. The average molecular weight is 253 g/mol. The number of hydrogen-bond donors (Lipinski definition) is 2. The maximum Gasteiger partial charge on any atom is 0.318 e. The van der Waals surface area contributed by atoms with E-state index in [4.69, 9.17) is 10.2 Å². The van der Waals surface area contributed by atoms with Crippen LogP contribution in [0, 0.1) is 5.92 Å². The van der Waals surface area contributed by atoms with Gasteiger partial charge in [0.2, 0.25) is 11.8 Å². The van der Waals surface area contributed by atoms with Crippen molar-refractivity contribution in [3.63, 3.8) is 0 Å². The number of aromatic nitrogens is 2. The van der Waals surface area contributed by atoms with Crippen molar-refractivity contribution in [1.82, 2.24) is 15.5 Å². The Morgan fingerprint density at radius 1 is 1.50 bits per heavy atom. The van der Waals surface area contributed by atoms with Gasteiger partial charge in [-0.1, -0.05) is 5.10 Å². The van der Waals surface area contributed by atoms with E-state index < -0.39 is 0 Å². The lowest BCUT2D eigenvalue weighted by Crippen LogP contribution is -2.38. The van der Waals surface area contributed by atoms with Gasteiger partial charge in [0.25, 0.3) is 0 Å². The highest BCUT2D eigenvalue weighted by Crippen LogP contribution is 2.23. The Morgan fingerprint density at radius 2 is 2.17 bits per heavy atom. The maximum atomic E-state index is 11.1. The Bertz CT molecular complexity index is 411. The average Bonchev–Trinajstić information content (AvgIpc) is 2.87. The Morgan fingerprint density at radius 3 is 2.72 bits per heavy atom. The van der Waals surface area contributed by atoms with Gasteiger partial charge in [-0.05, 0) is 26.8 Å². The number of hydrogen-bond acceptors (Lipinski definition) is 6. The van der Waals surface area contributed by atoms with Crippen LogP contribution in [-0.2, 0) is 4.79 Å². The van der Waals surface area contributed by atoms with Crippen LogP contribution in [0.5, 0.6) is 0 Å². The van der Waals surface area contributed by atoms with Crippen LogP contribution in [-0.4, -0.2) is 36.2 Å². The van der Waals surface area contributed by atoms with E-state index in [9.17, 15) is 4.79 Å². The number of amides is 1. The topological polar surface area (TPSA) is 97.3 Å². The van der Waals surface area contributed by atoms with Gasteiger partial charge in [0, 0.05) is 19.0 Å². The van der Waals surface area contributed by atoms with Crippen molar-refractivity contribution in [3.8, 4) is 0 Å². The van der Waals surface area contributed by atoms with Crippen LogP contribution in [0.4, 0.5) is 6.01 Å². The molecule has 0 radical (unpaired) electrons. The summed E-state index contributed by atoms with van der Waals surface area (Å²) in [4.78, 5) is 13.1. The lowest BCUT2D eigenvalue weighted by Gasteiger charge is -2.28. The molecule has 7 nitrogen and oxygen atoms in total. The molecule has 1 aromatic heterocycles. The molecule has 1 fully saturated rings. The second-order valence-electron chi connectivity index (χ2n) is 4.60.